The second-order valence-corrected chi connectivity index (χ2v) is 2.74. The predicted molar refractivity (Wildman–Crippen MR) is 48.8 cm³/mol. The van der Waals surface area contributed by atoms with Crippen molar-refractivity contribution in [3.8, 4) is 11.4 Å². The number of nitrogens with zero attached hydrogens (tertiary/aromatic N) is 3. The lowest BCUT2D eigenvalue weighted by molar-refractivity contribution is 1.15. The van der Waals surface area contributed by atoms with Gasteiger partial charge in [-0.15, -0.1) is 0 Å². The van der Waals surface area contributed by atoms with E-state index >= 15 is 0 Å². The standard InChI is InChI=1S/C10H8N3/c1-8-5-9(7-11-6-8)10-12-3-2-4-13-10/h2-6H,1H3. The van der Waals surface area contributed by atoms with E-state index in [4.69, 9.17) is 0 Å². The highest BCUT2D eigenvalue weighted by Crippen LogP contribution is 2.12. The van der Waals surface area contributed by atoms with E-state index in [1.165, 1.54) is 0 Å². The van der Waals surface area contributed by atoms with Gasteiger partial charge in [0, 0.05) is 24.2 Å². The quantitative estimate of drug-likeness (QED) is 0.653. The average molecular weight is 170 g/mol. The van der Waals surface area contributed by atoms with E-state index in [2.05, 4.69) is 21.1 Å². The highest BCUT2D eigenvalue weighted by Gasteiger charge is 1.99. The summed E-state index contributed by atoms with van der Waals surface area (Å²) in [6, 6.07) is 3.75. The SMILES string of the molecule is Cc1cn[c]c(-c2ncccn2)c1. The maximum atomic E-state index is 4.11. The van der Waals surface area contributed by atoms with Gasteiger partial charge in [-0.05, 0) is 24.6 Å². The van der Waals surface area contributed by atoms with E-state index in [0.29, 0.717) is 5.82 Å². The molecule has 13 heavy (non-hydrogen) atoms. The van der Waals surface area contributed by atoms with Crippen LogP contribution in [0, 0.1) is 13.1 Å². The first-order valence-corrected chi connectivity index (χ1v) is 3.98. The molecule has 0 amide bonds. The zero-order valence-electron chi connectivity index (χ0n) is 7.23. The molecular weight excluding hydrogens is 162 g/mol. The molecule has 63 valence electrons. The van der Waals surface area contributed by atoms with E-state index in [1.807, 2.05) is 13.0 Å². The normalized spacial score (nSPS) is 9.92. The van der Waals surface area contributed by atoms with Crippen molar-refractivity contribution in [2.75, 3.05) is 0 Å². The topological polar surface area (TPSA) is 38.7 Å². The molecule has 2 aromatic heterocycles. The summed E-state index contributed by atoms with van der Waals surface area (Å²) in [5, 5.41) is 0. The predicted octanol–water partition coefficient (Wildman–Crippen LogP) is 1.65. The van der Waals surface area contributed by atoms with Gasteiger partial charge in [-0.2, -0.15) is 0 Å². The third-order valence-electron chi connectivity index (χ3n) is 1.63. The molecule has 0 aliphatic rings. The third-order valence-corrected chi connectivity index (χ3v) is 1.63. The molecule has 0 saturated heterocycles. The molecule has 3 heteroatoms. The Bertz CT molecular complexity index is 398. The van der Waals surface area contributed by atoms with Crippen molar-refractivity contribution < 1.29 is 0 Å². The van der Waals surface area contributed by atoms with Gasteiger partial charge in [0.15, 0.2) is 5.82 Å². The van der Waals surface area contributed by atoms with Crippen LogP contribution in [0.2, 0.25) is 0 Å². The van der Waals surface area contributed by atoms with E-state index in [1.54, 1.807) is 24.7 Å². The van der Waals surface area contributed by atoms with Crippen LogP contribution < -0.4 is 0 Å². The number of aromatic nitrogens is 3. The Morgan fingerprint density at radius 2 is 2.00 bits per heavy atom. The number of pyridine rings is 1. The summed E-state index contributed by atoms with van der Waals surface area (Å²) in [5.74, 6) is 0.665. The van der Waals surface area contributed by atoms with Crippen molar-refractivity contribution in [3.63, 3.8) is 0 Å². The molecule has 2 rings (SSSR count). The first-order chi connectivity index (χ1) is 6.36. The van der Waals surface area contributed by atoms with Crippen LogP contribution in [-0.4, -0.2) is 15.0 Å². The van der Waals surface area contributed by atoms with Gasteiger partial charge in [-0.25, -0.2) is 9.97 Å². The summed E-state index contributed by atoms with van der Waals surface area (Å²) < 4.78 is 0. The molecular formula is C10H8N3. The minimum absolute atomic E-state index is 0.665. The fourth-order valence-electron chi connectivity index (χ4n) is 1.05. The van der Waals surface area contributed by atoms with Crippen molar-refractivity contribution in [1.82, 2.24) is 15.0 Å². The smallest absolute Gasteiger partial charge is 0.161 e. The molecule has 0 aliphatic carbocycles. The summed E-state index contributed by atoms with van der Waals surface area (Å²) in [4.78, 5) is 12.2. The van der Waals surface area contributed by atoms with E-state index in [9.17, 15) is 0 Å². The van der Waals surface area contributed by atoms with Gasteiger partial charge in [-0.1, -0.05) is 0 Å². The van der Waals surface area contributed by atoms with Gasteiger partial charge in [0.2, 0.25) is 0 Å². The van der Waals surface area contributed by atoms with Crippen molar-refractivity contribution in [1.29, 1.82) is 0 Å². The van der Waals surface area contributed by atoms with E-state index in [-0.39, 0.29) is 0 Å². The highest BCUT2D eigenvalue weighted by atomic mass is 14.9. The van der Waals surface area contributed by atoms with Gasteiger partial charge in [0.25, 0.3) is 0 Å². The second kappa shape index (κ2) is 3.31. The minimum atomic E-state index is 0.665. The first kappa shape index (κ1) is 7.86. The number of rotatable bonds is 1. The van der Waals surface area contributed by atoms with Gasteiger partial charge < -0.3 is 0 Å². The zero-order valence-corrected chi connectivity index (χ0v) is 7.23. The third kappa shape index (κ3) is 1.69. The van der Waals surface area contributed by atoms with Gasteiger partial charge >= 0.3 is 0 Å². The zero-order chi connectivity index (χ0) is 9.10. The summed E-state index contributed by atoms with van der Waals surface area (Å²) in [5.41, 5.74) is 1.92. The van der Waals surface area contributed by atoms with Crippen LogP contribution in [0.1, 0.15) is 5.56 Å². The van der Waals surface area contributed by atoms with Crippen molar-refractivity contribution in [3.05, 3.63) is 42.5 Å². The van der Waals surface area contributed by atoms with Crippen LogP contribution in [-0.2, 0) is 0 Å². The van der Waals surface area contributed by atoms with Crippen LogP contribution >= 0.6 is 0 Å². The Hall–Kier alpha value is -1.77. The van der Waals surface area contributed by atoms with Crippen LogP contribution in [0.5, 0.6) is 0 Å². The molecule has 0 bridgehead atoms. The van der Waals surface area contributed by atoms with Crippen LogP contribution in [0.3, 0.4) is 0 Å². The fourth-order valence-corrected chi connectivity index (χ4v) is 1.05. The maximum Gasteiger partial charge on any atom is 0.161 e. The second-order valence-electron chi connectivity index (χ2n) is 2.74. The van der Waals surface area contributed by atoms with Crippen molar-refractivity contribution in [2.45, 2.75) is 6.92 Å². The first-order valence-electron chi connectivity index (χ1n) is 3.98. The minimum Gasteiger partial charge on any atom is -0.254 e. The van der Waals surface area contributed by atoms with Crippen molar-refractivity contribution in [2.24, 2.45) is 0 Å². The Labute approximate surface area is 76.5 Å². The lowest BCUT2D eigenvalue weighted by Gasteiger charge is -1.97. The largest absolute Gasteiger partial charge is 0.254 e. The summed E-state index contributed by atoms with van der Waals surface area (Å²) in [6.07, 6.45) is 8.02. The number of aryl methyl sites for hydroxylation is 1. The fraction of sp³-hybridized carbons (Fsp3) is 0.100. The molecule has 0 fully saturated rings. The van der Waals surface area contributed by atoms with Gasteiger partial charge in [-0.3, -0.25) is 4.98 Å². The van der Waals surface area contributed by atoms with Crippen LogP contribution in [0.25, 0.3) is 11.4 Å². The molecule has 0 spiro atoms. The van der Waals surface area contributed by atoms with Crippen molar-refractivity contribution >= 4 is 0 Å². The molecule has 3 nitrogen and oxygen atoms in total. The molecule has 1 radical (unpaired) electrons. The van der Waals surface area contributed by atoms with Crippen LogP contribution in [0.4, 0.5) is 0 Å². The monoisotopic (exact) mass is 170 g/mol. The molecule has 0 atom stereocenters. The molecule has 0 unspecified atom stereocenters. The van der Waals surface area contributed by atoms with E-state index in [0.717, 1.165) is 11.1 Å². The Kier molecular flexibility index (Phi) is 2.00. The molecule has 0 saturated carbocycles. The Balaban J connectivity index is 2.48. The van der Waals surface area contributed by atoms with Gasteiger partial charge in [0.05, 0.1) is 0 Å². The molecule has 0 N–H and O–H groups in total. The lowest BCUT2D eigenvalue weighted by atomic mass is 10.2. The molecule has 0 aliphatic heterocycles. The van der Waals surface area contributed by atoms with Crippen LogP contribution in [0.15, 0.2) is 30.7 Å². The Morgan fingerprint density at radius 1 is 1.23 bits per heavy atom. The van der Waals surface area contributed by atoms with E-state index < -0.39 is 0 Å². The average Bonchev–Trinajstić information content (AvgIpc) is 2.19. The maximum absolute atomic E-state index is 4.11. The lowest BCUT2D eigenvalue weighted by Crippen LogP contribution is -1.88. The molecule has 0 aromatic carbocycles. The van der Waals surface area contributed by atoms with Gasteiger partial charge in [0.1, 0.15) is 6.20 Å². The molecule has 2 aromatic rings. The Morgan fingerprint density at radius 3 is 2.69 bits per heavy atom. The summed E-state index contributed by atoms with van der Waals surface area (Å²) in [6.45, 7) is 1.98. The summed E-state index contributed by atoms with van der Waals surface area (Å²) in [7, 11) is 0. The number of hydrogen-bond donors (Lipinski definition) is 0. The summed E-state index contributed by atoms with van der Waals surface area (Å²) >= 11 is 0. The molecule has 2 heterocycles. The highest BCUT2D eigenvalue weighted by molar-refractivity contribution is 5.52. The number of hydrogen-bond acceptors (Lipinski definition) is 3.